The van der Waals surface area contributed by atoms with Crippen LogP contribution in [0.3, 0.4) is 0 Å². The monoisotopic (exact) mass is 331 g/mol. The maximum atomic E-state index is 12.1. The summed E-state index contributed by atoms with van der Waals surface area (Å²) in [5.41, 5.74) is 1.18. The van der Waals surface area contributed by atoms with Crippen LogP contribution in [-0.4, -0.2) is 44.9 Å². The molecule has 1 atom stereocenters. The van der Waals surface area contributed by atoms with Crippen LogP contribution in [0.4, 0.5) is 5.82 Å². The van der Waals surface area contributed by atoms with Crippen molar-refractivity contribution in [3.8, 4) is 0 Å². The zero-order valence-electron chi connectivity index (χ0n) is 14.4. The highest BCUT2D eigenvalue weighted by atomic mass is 16.5. The van der Waals surface area contributed by atoms with Crippen LogP contribution in [0.2, 0.25) is 0 Å². The van der Waals surface area contributed by atoms with Gasteiger partial charge in [0.1, 0.15) is 5.76 Å². The summed E-state index contributed by atoms with van der Waals surface area (Å²) in [6.45, 7) is 6.54. The lowest BCUT2D eigenvalue weighted by Gasteiger charge is -2.35. The molecule has 0 radical (unpaired) electrons. The van der Waals surface area contributed by atoms with Gasteiger partial charge in [0.15, 0.2) is 5.82 Å². The molecule has 1 N–H and O–H groups in total. The third-order valence-electron chi connectivity index (χ3n) is 4.43. The molecule has 7 nitrogen and oxygen atoms in total. The summed E-state index contributed by atoms with van der Waals surface area (Å²) in [5.74, 6) is 1.15. The van der Waals surface area contributed by atoms with Crippen molar-refractivity contribution in [2.24, 2.45) is 0 Å². The number of aryl methyl sites for hydroxylation is 2. The molecule has 2 aromatic rings. The van der Waals surface area contributed by atoms with E-state index in [1.54, 1.807) is 13.0 Å². The molecule has 1 aliphatic rings. The van der Waals surface area contributed by atoms with Crippen LogP contribution < -0.4 is 5.32 Å². The molecule has 2 aromatic heterocycles. The number of rotatable bonds is 6. The number of carbonyl (C=O) groups excluding carboxylic acids is 1. The normalized spacial score (nSPS) is 18.7. The van der Waals surface area contributed by atoms with Gasteiger partial charge in [0.25, 0.3) is 0 Å². The maximum absolute atomic E-state index is 12.1. The minimum absolute atomic E-state index is 0.0254. The fourth-order valence-electron chi connectivity index (χ4n) is 3.22. The van der Waals surface area contributed by atoms with Crippen molar-refractivity contribution in [2.45, 2.75) is 52.1 Å². The minimum atomic E-state index is -0.0254. The fourth-order valence-corrected chi connectivity index (χ4v) is 3.22. The van der Waals surface area contributed by atoms with Crippen molar-refractivity contribution in [1.82, 2.24) is 19.8 Å². The van der Waals surface area contributed by atoms with Gasteiger partial charge >= 0.3 is 0 Å². The van der Waals surface area contributed by atoms with Crippen LogP contribution in [0.1, 0.15) is 37.0 Å². The summed E-state index contributed by atoms with van der Waals surface area (Å²) in [5, 5.41) is 11.0. The predicted octanol–water partition coefficient (Wildman–Crippen LogP) is 2.37. The van der Waals surface area contributed by atoms with Gasteiger partial charge in [0, 0.05) is 31.3 Å². The number of hydrogen-bond donors (Lipinski definition) is 1. The first kappa shape index (κ1) is 16.7. The highest BCUT2D eigenvalue weighted by Crippen LogP contribution is 2.19. The van der Waals surface area contributed by atoms with Gasteiger partial charge in [-0.15, -0.1) is 0 Å². The second-order valence-corrected chi connectivity index (χ2v) is 6.55. The Morgan fingerprint density at radius 1 is 1.42 bits per heavy atom. The number of nitrogens with zero attached hydrogens (tertiary/aromatic N) is 4. The van der Waals surface area contributed by atoms with E-state index in [1.807, 2.05) is 10.9 Å². The second kappa shape index (κ2) is 7.61. The van der Waals surface area contributed by atoms with E-state index in [2.05, 4.69) is 33.6 Å². The quantitative estimate of drug-likeness (QED) is 0.879. The van der Waals surface area contributed by atoms with E-state index in [9.17, 15) is 4.79 Å². The Labute approximate surface area is 142 Å². The Bertz CT molecular complexity index is 678. The average Bonchev–Trinajstić information content (AvgIpc) is 3.15. The number of carbonyl (C=O) groups is 1. The molecule has 0 aromatic carbocycles. The lowest BCUT2D eigenvalue weighted by molar-refractivity contribution is -0.116. The molecule has 24 heavy (non-hydrogen) atoms. The Morgan fingerprint density at radius 2 is 2.29 bits per heavy atom. The fraction of sp³-hybridized carbons (Fsp3) is 0.588. The van der Waals surface area contributed by atoms with E-state index in [1.165, 1.54) is 18.4 Å². The molecule has 0 saturated carbocycles. The van der Waals surface area contributed by atoms with E-state index < -0.39 is 0 Å². The molecule has 1 fully saturated rings. The molecular formula is C17H25N5O2. The zero-order valence-corrected chi connectivity index (χ0v) is 14.4. The molecule has 1 amide bonds. The van der Waals surface area contributed by atoms with Crippen LogP contribution in [0.15, 0.2) is 23.0 Å². The van der Waals surface area contributed by atoms with E-state index in [0.29, 0.717) is 24.0 Å². The Hall–Kier alpha value is -2.15. The van der Waals surface area contributed by atoms with E-state index >= 15 is 0 Å². The molecule has 3 heterocycles. The first-order valence-corrected chi connectivity index (χ1v) is 8.56. The number of nitrogens with one attached hydrogen (secondary N) is 1. The van der Waals surface area contributed by atoms with Crippen molar-refractivity contribution in [1.29, 1.82) is 0 Å². The largest absolute Gasteiger partial charge is 0.360 e. The Morgan fingerprint density at radius 3 is 3.00 bits per heavy atom. The molecule has 7 heteroatoms. The Kier molecular flexibility index (Phi) is 5.30. The topological polar surface area (TPSA) is 76.2 Å². The van der Waals surface area contributed by atoms with Gasteiger partial charge in [-0.2, -0.15) is 5.10 Å². The Balaban J connectivity index is 1.50. The van der Waals surface area contributed by atoms with Gasteiger partial charge in [-0.05, 0) is 38.8 Å². The zero-order chi connectivity index (χ0) is 16.9. The highest BCUT2D eigenvalue weighted by molar-refractivity contribution is 5.89. The van der Waals surface area contributed by atoms with Crippen molar-refractivity contribution in [3.05, 3.63) is 29.8 Å². The van der Waals surface area contributed by atoms with E-state index in [0.717, 1.165) is 26.1 Å². The minimum Gasteiger partial charge on any atom is -0.360 e. The van der Waals surface area contributed by atoms with Crippen molar-refractivity contribution in [3.63, 3.8) is 0 Å². The molecule has 0 spiro atoms. The van der Waals surface area contributed by atoms with Gasteiger partial charge in [-0.1, -0.05) is 11.6 Å². The summed E-state index contributed by atoms with van der Waals surface area (Å²) < 4.78 is 6.97. The smallest absolute Gasteiger partial charge is 0.226 e. The predicted molar refractivity (Wildman–Crippen MR) is 90.7 cm³/mol. The van der Waals surface area contributed by atoms with Crippen LogP contribution in [0, 0.1) is 13.8 Å². The van der Waals surface area contributed by atoms with Crippen molar-refractivity contribution < 1.29 is 9.32 Å². The summed E-state index contributed by atoms with van der Waals surface area (Å²) in [6.07, 6.45) is 8.01. The standard InChI is InChI=1S/C17H25N5O2/c1-13-10-18-22(11-13)12-15-5-3-4-7-21(15)8-6-17(23)19-16-9-14(2)24-20-16/h9-11,15H,3-8,12H2,1-2H3,(H,19,20,23)/t15-/m1/s1. The van der Waals surface area contributed by atoms with Gasteiger partial charge in [0.2, 0.25) is 5.91 Å². The average molecular weight is 331 g/mol. The number of anilines is 1. The van der Waals surface area contributed by atoms with Crippen molar-refractivity contribution >= 4 is 11.7 Å². The first-order valence-electron chi connectivity index (χ1n) is 8.56. The third-order valence-corrected chi connectivity index (χ3v) is 4.43. The van der Waals surface area contributed by atoms with Crippen LogP contribution in [0.5, 0.6) is 0 Å². The molecule has 3 rings (SSSR count). The van der Waals surface area contributed by atoms with E-state index in [-0.39, 0.29) is 5.91 Å². The lowest BCUT2D eigenvalue weighted by atomic mass is 10.0. The number of aromatic nitrogens is 3. The summed E-state index contributed by atoms with van der Waals surface area (Å²) >= 11 is 0. The van der Waals surface area contributed by atoms with Gasteiger partial charge in [-0.25, -0.2) is 0 Å². The summed E-state index contributed by atoms with van der Waals surface area (Å²) in [7, 11) is 0. The number of hydrogen-bond acceptors (Lipinski definition) is 5. The van der Waals surface area contributed by atoms with Gasteiger partial charge < -0.3 is 9.84 Å². The second-order valence-electron chi connectivity index (χ2n) is 6.55. The number of amides is 1. The lowest BCUT2D eigenvalue weighted by Crippen LogP contribution is -2.43. The van der Waals surface area contributed by atoms with E-state index in [4.69, 9.17) is 4.52 Å². The molecule has 0 unspecified atom stereocenters. The number of likely N-dealkylation sites (tertiary alicyclic amines) is 1. The molecule has 1 saturated heterocycles. The summed E-state index contributed by atoms with van der Waals surface area (Å²) in [6, 6.07) is 2.17. The molecular weight excluding hydrogens is 306 g/mol. The van der Waals surface area contributed by atoms with Gasteiger partial charge in [0.05, 0.1) is 12.7 Å². The maximum Gasteiger partial charge on any atom is 0.226 e. The molecule has 0 bridgehead atoms. The van der Waals surface area contributed by atoms with Crippen LogP contribution in [-0.2, 0) is 11.3 Å². The molecule has 0 aliphatic carbocycles. The van der Waals surface area contributed by atoms with Crippen molar-refractivity contribution in [2.75, 3.05) is 18.4 Å². The first-order chi connectivity index (χ1) is 11.6. The van der Waals surface area contributed by atoms with Crippen LogP contribution in [0.25, 0.3) is 0 Å². The number of piperidine rings is 1. The SMILES string of the molecule is Cc1cnn(C[C@H]2CCCCN2CCC(=O)Nc2cc(C)on2)c1. The molecule has 1 aliphatic heterocycles. The highest BCUT2D eigenvalue weighted by Gasteiger charge is 2.23. The summed E-state index contributed by atoms with van der Waals surface area (Å²) in [4.78, 5) is 14.5. The van der Waals surface area contributed by atoms with Crippen LogP contribution >= 0.6 is 0 Å². The van der Waals surface area contributed by atoms with Gasteiger partial charge in [-0.3, -0.25) is 14.4 Å². The third kappa shape index (κ3) is 4.44. The molecule has 130 valence electrons.